The van der Waals surface area contributed by atoms with Crippen molar-refractivity contribution in [3.05, 3.63) is 0 Å². The summed E-state index contributed by atoms with van der Waals surface area (Å²) < 4.78 is 15.8. The molecule has 0 saturated carbocycles. The van der Waals surface area contributed by atoms with E-state index in [0.717, 1.165) is 25.7 Å². The second kappa shape index (κ2) is 9.33. The Morgan fingerprint density at radius 2 is 1.88 bits per heavy atom. The number of aliphatic carboxylic acids is 1. The van der Waals surface area contributed by atoms with Gasteiger partial charge < -0.3 is 9.84 Å². The summed E-state index contributed by atoms with van der Waals surface area (Å²) >= 11 is 0. The Labute approximate surface area is 97.6 Å². The summed E-state index contributed by atoms with van der Waals surface area (Å²) in [6, 6.07) is 0. The first-order valence-electron chi connectivity index (χ1n) is 5.28. The van der Waals surface area contributed by atoms with Crippen LogP contribution in [-0.2, 0) is 25.1 Å². The zero-order valence-corrected chi connectivity index (χ0v) is 10.3. The Morgan fingerprint density at radius 1 is 1.19 bits per heavy atom. The molecule has 0 amide bonds. The Morgan fingerprint density at radius 3 is 2.44 bits per heavy atom. The number of hydrogen-bond donors (Lipinski definition) is 1. The molecule has 0 aromatic heterocycles. The predicted octanol–water partition coefficient (Wildman–Crippen LogP) is 0.943. The van der Waals surface area contributed by atoms with Crippen LogP contribution in [0.4, 0.5) is 0 Å². The normalized spacial score (nSPS) is 12.1. The van der Waals surface area contributed by atoms with Gasteiger partial charge in [-0.15, -0.1) is 0 Å². The lowest BCUT2D eigenvalue weighted by molar-refractivity contribution is -0.140. The highest BCUT2D eigenvalue weighted by atomic mass is 32.2. The van der Waals surface area contributed by atoms with Crippen LogP contribution < -0.4 is 0 Å². The third kappa shape index (κ3) is 9.64. The topological polar surface area (TPSA) is 80.7 Å². The number of carboxylic acid groups (broad SMARTS) is 1. The van der Waals surface area contributed by atoms with E-state index in [2.05, 4.69) is 6.92 Å². The van der Waals surface area contributed by atoms with Gasteiger partial charge in [-0.05, 0) is 6.42 Å². The van der Waals surface area contributed by atoms with Gasteiger partial charge >= 0.3 is 11.9 Å². The van der Waals surface area contributed by atoms with Crippen LogP contribution in [0.15, 0.2) is 0 Å². The smallest absolute Gasteiger partial charge is 0.318 e. The number of rotatable bonds is 9. The molecular formula is C10H18O5S. The van der Waals surface area contributed by atoms with Crippen LogP contribution in [0.3, 0.4) is 0 Å². The van der Waals surface area contributed by atoms with Crippen LogP contribution in [0.1, 0.15) is 32.6 Å². The van der Waals surface area contributed by atoms with E-state index in [1.54, 1.807) is 0 Å². The quantitative estimate of drug-likeness (QED) is 0.486. The summed E-state index contributed by atoms with van der Waals surface area (Å²) in [5, 5.41) is 8.32. The second-order valence-electron chi connectivity index (χ2n) is 3.40. The van der Waals surface area contributed by atoms with E-state index in [4.69, 9.17) is 9.84 Å². The van der Waals surface area contributed by atoms with Crippen molar-refractivity contribution in [2.75, 3.05) is 18.1 Å². The Kier molecular flexibility index (Phi) is 8.80. The van der Waals surface area contributed by atoms with Crippen molar-refractivity contribution < 1.29 is 23.6 Å². The first-order valence-corrected chi connectivity index (χ1v) is 6.77. The Hall–Kier alpha value is -0.910. The van der Waals surface area contributed by atoms with Gasteiger partial charge in [0.15, 0.2) is 0 Å². The second-order valence-corrected chi connectivity index (χ2v) is 4.86. The minimum Gasteiger partial charge on any atom is -0.481 e. The molecule has 0 rings (SSSR count). The van der Waals surface area contributed by atoms with Crippen molar-refractivity contribution >= 4 is 22.7 Å². The van der Waals surface area contributed by atoms with Gasteiger partial charge in [0, 0.05) is 10.8 Å². The zero-order chi connectivity index (χ0) is 12.4. The van der Waals surface area contributed by atoms with E-state index >= 15 is 0 Å². The lowest BCUT2D eigenvalue weighted by Gasteiger charge is -2.03. The molecule has 0 aliphatic carbocycles. The molecule has 6 heteroatoms. The molecule has 1 atom stereocenters. The van der Waals surface area contributed by atoms with Crippen molar-refractivity contribution in [1.29, 1.82) is 0 Å². The first-order chi connectivity index (χ1) is 7.56. The fourth-order valence-electron chi connectivity index (χ4n) is 1.08. The SMILES string of the molecule is CCCCCCOC(=O)CS(=O)CC(=O)O. The minimum atomic E-state index is -1.66. The van der Waals surface area contributed by atoms with Gasteiger partial charge in [0.25, 0.3) is 0 Å². The highest BCUT2D eigenvalue weighted by Crippen LogP contribution is 1.99. The largest absolute Gasteiger partial charge is 0.481 e. The molecule has 0 aliphatic heterocycles. The van der Waals surface area contributed by atoms with Crippen LogP contribution >= 0.6 is 0 Å². The summed E-state index contributed by atoms with van der Waals surface area (Å²) in [6.45, 7) is 2.41. The molecule has 5 nitrogen and oxygen atoms in total. The number of carbonyl (C=O) groups is 2. The average Bonchev–Trinajstić information content (AvgIpc) is 2.15. The van der Waals surface area contributed by atoms with Crippen LogP contribution in [0, 0.1) is 0 Å². The van der Waals surface area contributed by atoms with Gasteiger partial charge in [0.05, 0.1) is 6.61 Å². The molecule has 0 fully saturated rings. The molecule has 0 heterocycles. The van der Waals surface area contributed by atoms with Crippen molar-refractivity contribution in [3.8, 4) is 0 Å². The van der Waals surface area contributed by atoms with E-state index in [0.29, 0.717) is 6.61 Å². The molecule has 1 N–H and O–H groups in total. The van der Waals surface area contributed by atoms with Crippen molar-refractivity contribution in [1.82, 2.24) is 0 Å². The number of ether oxygens (including phenoxy) is 1. The van der Waals surface area contributed by atoms with Gasteiger partial charge in [0.1, 0.15) is 11.5 Å². The average molecular weight is 250 g/mol. The minimum absolute atomic E-state index is 0.323. The summed E-state index contributed by atoms with van der Waals surface area (Å²) in [5.74, 6) is -2.60. The molecule has 0 aromatic rings. The first kappa shape index (κ1) is 15.1. The molecule has 0 aromatic carbocycles. The summed E-state index contributed by atoms with van der Waals surface area (Å²) in [7, 11) is -1.66. The molecular weight excluding hydrogens is 232 g/mol. The maximum atomic E-state index is 11.1. The Bertz CT molecular complexity index is 252. The number of carboxylic acids is 1. The lowest BCUT2D eigenvalue weighted by atomic mass is 10.2. The van der Waals surface area contributed by atoms with Gasteiger partial charge in [0.2, 0.25) is 0 Å². The van der Waals surface area contributed by atoms with Crippen molar-refractivity contribution in [3.63, 3.8) is 0 Å². The van der Waals surface area contributed by atoms with Gasteiger partial charge in [-0.2, -0.15) is 0 Å². The van der Waals surface area contributed by atoms with Crippen molar-refractivity contribution in [2.45, 2.75) is 32.6 Å². The Balaban J connectivity index is 3.51. The standard InChI is InChI=1S/C10H18O5S/c1-2-3-4-5-6-15-10(13)8-16(14)7-9(11)12/h2-8H2,1H3,(H,11,12). The molecule has 0 saturated heterocycles. The lowest BCUT2D eigenvalue weighted by Crippen LogP contribution is -2.20. The van der Waals surface area contributed by atoms with Gasteiger partial charge in [-0.25, -0.2) is 0 Å². The van der Waals surface area contributed by atoms with Crippen LogP contribution in [0.25, 0.3) is 0 Å². The predicted molar refractivity (Wildman–Crippen MR) is 60.6 cm³/mol. The van der Waals surface area contributed by atoms with Crippen molar-refractivity contribution in [2.24, 2.45) is 0 Å². The van der Waals surface area contributed by atoms with Gasteiger partial charge in [-0.1, -0.05) is 26.2 Å². The third-order valence-electron chi connectivity index (χ3n) is 1.82. The monoisotopic (exact) mass is 250 g/mol. The summed E-state index contributed by atoms with van der Waals surface area (Å²) in [4.78, 5) is 21.2. The van der Waals surface area contributed by atoms with Gasteiger partial charge in [-0.3, -0.25) is 13.8 Å². The molecule has 16 heavy (non-hydrogen) atoms. The third-order valence-corrected chi connectivity index (χ3v) is 2.95. The number of hydrogen-bond acceptors (Lipinski definition) is 4. The molecule has 1 unspecified atom stereocenters. The molecule has 94 valence electrons. The number of unbranched alkanes of at least 4 members (excludes halogenated alkanes) is 3. The summed E-state index contributed by atoms with van der Waals surface area (Å²) in [6.07, 6.45) is 4.01. The molecule has 0 spiro atoms. The van der Waals surface area contributed by atoms with E-state index in [-0.39, 0.29) is 5.75 Å². The highest BCUT2D eigenvalue weighted by Gasteiger charge is 2.12. The molecule has 0 radical (unpaired) electrons. The van der Waals surface area contributed by atoms with Crippen LogP contribution in [0.5, 0.6) is 0 Å². The highest BCUT2D eigenvalue weighted by molar-refractivity contribution is 7.86. The number of carbonyl (C=O) groups excluding carboxylic acids is 1. The van der Waals surface area contributed by atoms with E-state index in [1.165, 1.54) is 0 Å². The fraction of sp³-hybridized carbons (Fsp3) is 0.800. The van der Waals surface area contributed by atoms with E-state index < -0.39 is 28.5 Å². The fourth-order valence-corrected chi connectivity index (χ4v) is 1.80. The molecule has 0 aliphatic rings. The van der Waals surface area contributed by atoms with Crippen LogP contribution in [0.2, 0.25) is 0 Å². The maximum absolute atomic E-state index is 11.1. The summed E-state index contributed by atoms with van der Waals surface area (Å²) in [5.41, 5.74) is 0. The maximum Gasteiger partial charge on any atom is 0.318 e. The van der Waals surface area contributed by atoms with Crippen LogP contribution in [-0.4, -0.2) is 39.4 Å². The zero-order valence-electron chi connectivity index (χ0n) is 9.44. The molecule has 0 bridgehead atoms. The number of esters is 1. The van der Waals surface area contributed by atoms with E-state index in [9.17, 15) is 13.8 Å². The van der Waals surface area contributed by atoms with E-state index in [1.807, 2.05) is 0 Å².